The number of fused-ring (bicyclic) bond motifs is 1. The highest BCUT2D eigenvalue weighted by atomic mass is 15.2. The molecule has 1 fully saturated rings. The van der Waals surface area contributed by atoms with E-state index in [0.29, 0.717) is 0 Å². The van der Waals surface area contributed by atoms with Crippen LogP contribution in [0.5, 0.6) is 0 Å². The molecule has 0 amide bonds. The molecule has 2 heterocycles. The lowest BCUT2D eigenvalue weighted by atomic mass is 10.1. The van der Waals surface area contributed by atoms with Crippen molar-refractivity contribution in [1.29, 1.82) is 0 Å². The van der Waals surface area contributed by atoms with Crippen LogP contribution in [0.2, 0.25) is 0 Å². The molecule has 0 saturated carbocycles. The number of anilines is 2. The maximum absolute atomic E-state index is 6.02. The van der Waals surface area contributed by atoms with Gasteiger partial charge in [-0.15, -0.1) is 0 Å². The number of pyridine rings is 1. The zero-order valence-electron chi connectivity index (χ0n) is 10.8. The molecule has 1 aliphatic rings. The average Bonchev–Trinajstić information content (AvgIpc) is 2.88. The fourth-order valence-electron chi connectivity index (χ4n) is 2.82. The third-order valence-electron chi connectivity index (χ3n) is 3.99. The lowest BCUT2D eigenvalue weighted by Gasteiger charge is -2.20. The van der Waals surface area contributed by atoms with E-state index in [-0.39, 0.29) is 0 Å². The minimum absolute atomic E-state index is 0.813. The number of nitrogens with two attached hydrogens (primary N) is 1. The van der Waals surface area contributed by atoms with Crippen LogP contribution in [0, 0.1) is 5.92 Å². The van der Waals surface area contributed by atoms with Crippen LogP contribution >= 0.6 is 0 Å². The third-order valence-corrected chi connectivity index (χ3v) is 3.99. The molecule has 2 N–H and O–H groups in total. The number of hydrogen-bond donors (Lipinski definition) is 1. The molecule has 18 heavy (non-hydrogen) atoms. The van der Waals surface area contributed by atoms with Gasteiger partial charge in [-0.05, 0) is 36.6 Å². The van der Waals surface area contributed by atoms with Gasteiger partial charge in [0.1, 0.15) is 0 Å². The second-order valence-electron chi connectivity index (χ2n) is 5.08. The van der Waals surface area contributed by atoms with E-state index in [1.165, 1.54) is 18.5 Å². The van der Waals surface area contributed by atoms with Gasteiger partial charge in [0.2, 0.25) is 0 Å². The van der Waals surface area contributed by atoms with Crippen LogP contribution in [0.1, 0.15) is 19.8 Å². The molecule has 3 heteroatoms. The van der Waals surface area contributed by atoms with Gasteiger partial charge >= 0.3 is 0 Å². The number of aromatic nitrogens is 1. The van der Waals surface area contributed by atoms with E-state index >= 15 is 0 Å². The van der Waals surface area contributed by atoms with Crippen LogP contribution in [0.15, 0.2) is 30.5 Å². The zero-order valence-corrected chi connectivity index (χ0v) is 10.8. The highest BCUT2D eigenvalue weighted by Gasteiger charge is 2.22. The maximum atomic E-state index is 6.02. The van der Waals surface area contributed by atoms with Crippen LogP contribution < -0.4 is 10.6 Å². The van der Waals surface area contributed by atoms with Crippen molar-refractivity contribution in [3.05, 3.63) is 30.5 Å². The first-order valence-corrected chi connectivity index (χ1v) is 6.67. The van der Waals surface area contributed by atoms with Crippen LogP contribution in [0.4, 0.5) is 11.4 Å². The van der Waals surface area contributed by atoms with Gasteiger partial charge in [0.15, 0.2) is 0 Å². The molecule has 3 rings (SSSR count). The minimum atomic E-state index is 0.813. The van der Waals surface area contributed by atoms with Gasteiger partial charge in [-0.3, -0.25) is 4.98 Å². The van der Waals surface area contributed by atoms with Crippen molar-refractivity contribution < 1.29 is 0 Å². The third kappa shape index (κ3) is 1.80. The molecule has 0 bridgehead atoms. The molecule has 94 valence electrons. The quantitative estimate of drug-likeness (QED) is 0.822. The summed E-state index contributed by atoms with van der Waals surface area (Å²) >= 11 is 0. The normalized spacial score (nSPS) is 19.6. The topological polar surface area (TPSA) is 42.1 Å². The maximum Gasteiger partial charge on any atom is 0.0955 e. The van der Waals surface area contributed by atoms with Crippen LogP contribution in [0.25, 0.3) is 10.9 Å². The molecule has 0 spiro atoms. The molecular formula is C15H19N3. The summed E-state index contributed by atoms with van der Waals surface area (Å²) in [6, 6.07) is 8.11. The lowest BCUT2D eigenvalue weighted by molar-refractivity contribution is 0.569. The van der Waals surface area contributed by atoms with Gasteiger partial charge < -0.3 is 10.6 Å². The molecule has 1 atom stereocenters. The number of hydrogen-bond acceptors (Lipinski definition) is 3. The predicted octanol–water partition coefficient (Wildman–Crippen LogP) is 3.05. The fraction of sp³-hybridized carbons (Fsp3) is 0.400. The van der Waals surface area contributed by atoms with E-state index in [1.807, 2.05) is 18.3 Å². The molecule has 1 aromatic carbocycles. The van der Waals surface area contributed by atoms with Crippen molar-refractivity contribution in [3.8, 4) is 0 Å². The van der Waals surface area contributed by atoms with Crippen molar-refractivity contribution in [2.45, 2.75) is 19.8 Å². The average molecular weight is 241 g/mol. The predicted molar refractivity (Wildman–Crippen MR) is 76.8 cm³/mol. The Kier molecular flexibility index (Phi) is 2.82. The molecule has 0 radical (unpaired) electrons. The summed E-state index contributed by atoms with van der Waals surface area (Å²) in [4.78, 5) is 6.96. The Morgan fingerprint density at radius 1 is 1.39 bits per heavy atom. The summed E-state index contributed by atoms with van der Waals surface area (Å²) in [7, 11) is 0. The Bertz CT molecular complexity index is 565. The second-order valence-corrected chi connectivity index (χ2v) is 5.08. The van der Waals surface area contributed by atoms with Gasteiger partial charge in [-0.25, -0.2) is 0 Å². The summed E-state index contributed by atoms with van der Waals surface area (Å²) in [5, 5.41) is 1.06. The number of rotatable bonds is 2. The Morgan fingerprint density at radius 3 is 3.06 bits per heavy atom. The minimum Gasteiger partial charge on any atom is -0.398 e. The van der Waals surface area contributed by atoms with E-state index in [0.717, 1.165) is 35.6 Å². The van der Waals surface area contributed by atoms with Crippen molar-refractivity contribution >= 4 is 22.3 Å². The molecule has 1 aromatic heterocycles. The SMILES string of the molecule is CCC1CCN(c2ccc(N)c3cccnc23)C1. The van der Waals surface area contributed by atoms with Crippen molar-refractivity contribution in [2.24, 2.45) is 5.92 Å². The van der Waals surface area contributed by atoms with Crippen molar-refractivity contribution in [3.63, 3.8) is 0 Å². The van der Waals surface area contributed by atoms with E-state index in [2.05, 4.69) is 28.9 Å². The summed E-state index contributed by atoms with van der Waals surface area (Å²) in [6.07, 6.45) is 4.39. The molecule has 1 unspecified atom stereocenters. The number of nitrogen functional groups attached to an aromatic ring is 1. The van der Waals surface area contributed by atoms with Gasteiger partial charge in [0.25, 0.3) is 0 Å². The number of benzene rings is 1. The first-order chi connectivity index (χ1) is 8.79. The van der Waals surface area contributed by atoms with E-state index in [9.17, 15) is 0 Å². The molecule has 1 aliphatic heterocycles. The molecular weight excluding hydrogens is 222 g/mol. The van der Waals surface area contributed by atoms with Crippen molar-refractivity contribution in [2.75, 3.05) is 23.7 Å². The largest absolute Gasteiger partial charge is 0.398 e. The van der Waals surface area contributed by atoms with Crippen LogP contribution in [0.3, 0.4) is 0 Å². The smallest absolute Gasteiger partial charge is 0.0955 e. The van der Waals surface area contributed by atoms with E-state index in [4.69, 9.17) is 5.73 Å². The Hall–Kier alpha value is -1.77. The second kappa shape index (κ2) is 4.48. The molecule has 2 aromatic rings. The van der Waals surface area contributed by atoms with Crippen LogP contribution in [-0.2, 0) is 0 Å². The first-order valence-electron chi connectivity index (χ1n) is 6.67. The molecule has 0 aliphatic carbocycles. The van der Waals surface area contributed by atoms with Gasteiger partial charge in [-0.2, -0.15) is 0 Å². The number of nitrogens with zero attached hydrogens (tertiary/aromatic N) is 2. The van der Waals surface area contributed by atoms with Crippen molar-refractivity contribution in [1.82, 2.24) is 4.98 Å². The Balaban J connectivity index is 2.05. The van der Waals surface area contributed by atoms with E-state index in [1.54, 1.807) is 0 Å². The standard InChI is InChI=1S/C15H19N3/c1-2-11-7-9-18(10-11)14-6-5-13(16)12-4-3-8-17-15(12)14/h3-6,8,11H,2,7,9-10,16H2,1H3. The summed E-state index contributed by atoms with van der Waals surface area (Å²) in [5.41, 5.74) is 9.10. The summed E-state index contributed by atoms with van der Waals surface area (Å²) < 4.78 is 0. The first kappa shape index (κ1) is 11.3. The summed E-state index contributed by atoms with van der Waals surface area (Å²) in [5.74, 6) is 0.821. The Labute approximate surface area is 108 Å². The van der Waals surface area contributed by atoms with Gasteiger partial charge in [-0.1, -0.05) is 13.3 Å². The van der Waals surface area contributed by atoms with E-state index < -0.39 is 0 Å². The zero-order chi connectivity index (χ0) is 12.5. The Morgan fingerprint density at radius 2 is 2.28 bits per heavy atom. The highest BCUT2D eigenvalue weighted by Crippen LogP contribution is 2.32. The highest BCUT2D eigenvalue weighted by molar-refractivity contribution is 5.98. The molecule has 3 nitrogen and oxygen atoms in total. The monoisotopic (exact) mass is 241 g/mol. The fourth-order valence-corrected chi connectivity index (χ4v) is 2.82. The molecule has 1 saturated heterocycles. The van der Waals surface area contributed by atoms with Crippen LogP contribution in [-0.4, -0.2) is 18.1 Å². The van der Waals surface area contributed by atoms with Gasteiger partial charge in [0, 0.05) is 30.4 Å². The lowest BCUT2D eigenvalue weighted by Crippen LogP contribution is -2.20. The summed E-state index contributed by atoms with van der Waals surface area (Å²) in [6.45, 7) is 4.55. The van der Waals surface area contributed by atoms with Gasteiger partial charge in [0.05, 0.1) is 11.2 Å².